The second-order valence-electron chi connectivity index (χ2n) is 6.20. The number of esters is 1. The van der Waals surface area contributed by atoms with Gasteiger partial charge in [-0.1, -0.05) is 35.5 Å². The van der Waals surface area contributed by atoms with Gasteiger partial charge in [-0.25, -0.2) is 4.79 Å². The second-order valence-corrected chi connectivity index (χ2v) is 6.20. The van der Waals surface area contributed by atoms with Crippen molar-refractivity contribution in [2.24, 2.45) is 0 Å². The lowest BCUT2D eigenvalue weighted by Gasteiger charge is -2.32. The number of hydrogen-bond acceptors (Lipinski definition) is 5. The van der Waals surface area contributed by atoms with Crippen molar-refractivity contribution < 1.29 is 18.8 Å². The lowest BCUT2D eigenvalue weighted by molar-refractivity contribution is -0.147. The Balaban J connectivity index is 1.66. The van der Waals surface area contributed by atoms with Crippen LogP contribution in [0.25, 0.3) is 0 Å². The molecular weight excluding hydrogens is 320 g/mol. The van der Waals surface area contributed by atoms with Crippen LogP contribution in [0.15, 0.2) is 40.9 Å². The average Bonchev–Trinajstić information content (AvgIpc) is 3.15. The van der Waals surface area contributed by atoms with Crippen molar-refractivity contribution in [3.05, 3.63) is 53.4 Å². The van der Waals surface area contributed by atoms with Crippen LogP contribution in [0.4, 0.5) is 0 Å². The van der Waals surface area contributed by atoms with E-state index in [1.54, 1.807) is 6.07 Å². The first-order valence-corrected chi connectivity index (χ1v) is 8.57. The number of piperidine rings is 1. The van der Waals surface area contributed by atoms with Gasteiger partial charge in [0.15, 0.2) is 0 Å². The predicted molar refractivity (Wildman–Crippen MR) is 91.0 cm³/mol. The third-order valence-corrected chi connectivity index (χ3v) is 4.52. The number of aryl methyl sites for hydroxylation is 2. The number of nitrogens with zero attached hydrogens (tertiary/aromatic N) is 2. The van der Waals surface area contributed by atoms with Crippen LogP contribution in [-0.4, -0.2) is 41.6 Å². The molecule has 0 spiro atoms. The van der Waals surface area contributed by atoms with Gasteiger partial charge in [-0.2, -0.15) is 0 Å². The summed E-state index contributed by atoms with van der Waals surface area (Å²) in [5, 5.41) is 4.00. The molecule has 0 saturated carbocycles. The summed E-state index contributed by atoms with van der Waals surface area (Å²) in [5.41, 5.74) is 1.94. The summed E-state index contributed by atoms with van der Waals surface area (Å²) in [6.07, 6.45) is 3.92. The summed E-state index contributed by atoms with van der Waals surface area (Å²) in [6.45, 7) is 0.526. The number of amides is 1. The molecule has 3 rings (SSSR count). The molecule has 0 N–H and O–H groups in total. The molecule has 6 heteroatoms. The summed E-state index contributed by atoms with van der Waals surface area (Å²) in [6, 6.07) is 11.2. The molecule has 0 bridgehead atoms. The van der Waals surface area contributed by atoms with E-state index in [-0.39, 0.29) is 17.6 Å². The SMILES string of the molecule is COC(=O)[C@H]1CCCCN1C(=O)c1cc(CCc2ccccc2)no1. The smallest absolute Gasteiger partial charge is 0.328 e. The number of carbonyl (C=O) groups excluding carboxylic acids is 2. The van der Waals surface area contributed by atoms with Gasteiger partial charge in [0.05, 0.1) is 12.8 Å². The van der Waals surface area contributed by atoms with Gasteiger partial charge < -0.3 is 14.2 Å². The molecule has 1 saturated heterocycles. The van der Waals surface area contributed by atoms with E-state index < -0.39 is 6.04 Å². The molecule has 0 aliphatic carbocycles. The number of hydrogen-bond donors (Lipinski definition) is 0. The third kappa shape index (κ3) is 4.07. The minimum Gasteiger partial charge on any atom is -0.467 e. The Morgan fingerprint density at radius 2 is 2.04 bits per heavy atom. The van der Waals surface area contributed by atoms with Gasteiger partial charge in [0.2, 0.25) is 5.76 Å². The predicted octanol–water partition coefficient (Wildman–Crippen LogP) is 2.63. The van der Waals surface area contributed by atoms with E-state index in [1.807, 2.05) is 18.2 Å². The Labute approximate surface area is 146 Å². The van der Waals surface area contributed by atoms with Crippen LogP contribution in [-0.2, 0) is 22.4 Å². The van der Waals surface area contributed by atoms with Crippen molar-refractivity contribution in [3.63, 3.8) is 0 Å². The Morgan fingerprint density at radius 1 is 1.24 bits per heavy atom. The fraction of sp³-hybridized carbons (Fsp3) is 0.421. The third-order valence-electron chi connectivity index (χ3n) is 4.52. The minimum absolute atomic E-state index is 0.180. The molecule has 1 aliphatic heterocycles. The zero-order chi connectivity index (χ0) is 17.6. The van der Waals surface area contributed by atoms with E-state index in [4.69, 9.17) is 9.26 Å². The van der Waals surface area contributed by atoms with Crippen LogP contribution in [0.2, 0.25) is 0 Å². The Bertz CT molecular complexity index is 726. The highest BCUT2D eigenvalue weighted by molar-refractivity contribution is 5.94. The summed E-state index contributed by atoms with van der Waals surface area (Å²) < 4.78 is 10.1. The maximum Gasteiger partial charge on any atom is 0.328 e. The maximum absolute atomic E-state index is 12.7. The number of ether oxygens (including phenoxy) is 1. The summed E-state index contributed by atoms with van der Waals surface area (Å²) in [4.78, 5) is 26.2. The highest BCUT2D eigenvalue weighted by Crippen LogP contribution is 2.21. The fourth-order valence-corrected chi connectivity index (χ4v) is 3.14. The minimum atomic E-state index is -0.538. The first kappa shape index (κ1) is 17.2. The summed E-state index contributed by atoms with van der Waals surface area (Å²) in [7, 11) is 1.34. The van der Waals surface area contributed by atoms with Gasteiger partial charge in [-0.3, -0.25) is 4.79 Å². The van der Waals surface area contributed by atoms with Crippen LogP contribution in [0.1, 0.15) is 41.1 Å². The van der Waals surface area contributed by atoms with Crippen molar-refractivity contribution >= 4 is 11.9 Å². The van der Waals surface area contributed by atoms with E-state index in [1.165, 1.54) is 17.6 Å². The molecule has 1 aromatic carbocycles. The summed E-state index contributed by atoms with van der Waals surface area (Å²) in [5.74, 6) is -0.496. The maximum atomic E-state index is 12.7. The number of benzene rings is 1. The van der Waals surface area contributed by atoms with Gasteiger partial charge >= 0.3 is 5.97 Å². The molecule has 2 heterocycles. The normalized spacial score (nSPS) is 17.3. The van der Waals surface area contributed by atoms with Crippen molar-refractivity contribution in [1.82, 2.24) is 10.1 Å². The van der Waals surface area contributed by atoms with E-state index >= 15 is 0 Å². The van der Waals surface area contributed by atoms with Crippen LogP contribution < -0.4 is 0 Å². The number of aromatic nitrogens is 1. The van der Waals surface area contributed by atoms with E-state index in [0.717, 1.165) is 25.0 Å². The zero-order valence-corrected chi connectivity index (χ0v) is 14.3. The zero-order valence-electron chi connectivity index (χ0n) is 14.3. The topological polar surface area (TPSA) is 72.6 Å². The molecule has 0 radical (unpaired) electrons. The quantitative estimate of drug-likeness (QED) is 0.781. The molecule has 1 aliphatic rings. The molecule has 1 aromatic heterocycles. The highest BCUT2D eigenvalue weighted by atomic mass is 16.5. The number of rotatable bonds is 5. The number of methoxy groups -OCH3 is 1. The van der Waals surface area contributed by atoms with Crippen LogP contribution >= 0.6 is 0 Å². The van der Waals surface area contributed by atoms with Crippen LogP contribution in [0.5, 0.6) is 0 Å². The number of carbonyl (C=O) groups is 2. The Kier molecular flexibility index (Phi) is 5.48. The largest absolute Gasteiger partial charge is 0.467 e. The number of likely N-dealkylation sites (tertiary alicyclic amines) is 1. The highest BCUT2D eigenvalue weighted by Gasteiger charge is 2.34. The first-order valence-electron chi connectivity index (χ1n) is 8.57. The average molecular weight is 342 g/mol. The molecule has 132 valence electrons. The van der Waals surface area contributed by atoms with Crippen molar-refractivity contribution in [2.75, 3.05) is 13.7 Å². The Morgan fingerprint density at radius 3 is 2.80 bits per heavy atom. The molecule has 25 heavy (non-hydrogen) atoms. The molecule has 1 fully saturated rings. The van der Waals surface area contributed by atoms with E-state index in [9.17, 15) is 9.59 Å². The standard InChI is InChI=1S/C19H22N2O4/c1-24-19(23)16-9-5-6-12-21(16)18(22)17-13-15(20-25-17)11-10-14-7-3-2-4-8-14/h2-4,7-8,13,16H,5-6,9-12H2,1H3/t16-/m1/s1. The Hall–Kier alpha value is -2.63. The molecule has 1 atom stereocenters. The van der Waals surface area contributed by atoms with Gasteiger partial charge in [0.1, 0.15) is 6.04 Å². The van der Waals surface area contributed by atoms with Crippen molar-refractivity contribution in [1.29, 1.82) is 0 Å². The molecule has 1 amide bonds. The fourth-order valence-electron chi connectivity index (χ4n) is 3.14. The molecule has 0 unspecified atom stereocenters. The molecular formula is C19H22N2O4. The van der Waals surface area contributed by atoms with Gasteiger partial charge in [-0.05, 0) is 37.7 Å². The lowest BCUT2D eigenvalue weighted by Crippen LogP contribution is -2.48. The lowest BCUT2D eigenvalue weighted by atomic mass is 10.0. The van der Waals surface area contributed by atoms with Gasteiger partial charge in [-0.15, -0.1) is 0 Å². The van der Waals surface area contributed by atoms with Gasteiger partial charge in [0, 0.05) is 12.6 Å². The molecule has 2 aromatic rings. The monoisotopic (exact) mass is 342 g/mol. The van der Waals surface area contributed by atoms with E-state index in [2.05, 4.69) is 17.3 Å². The van der Waals surface area contributed by atoms with E-state index in [0.29, 0.717) is 19.4 Å². The van der Waals surface area contributed by atoms with Gasteiger partial charge in [0.25, 0.3) is 5.91 Å². The van der Waals surface area contributed by atoms with Crippen LogP contribution in [0, 0.1) is 0 Å². The summed E-state index contributed by atoms with van der Waals surface area (Å²) >= 11 is 0. The first-order chi connectivity index (χ1) is 12.2. The molecule has 6 nitrogen and oxygen atoms in total. The van der Waals surface area contributed by atoms with Crippen molar-refractivity contribution in [2.45, 2.75) is 38.1 Å². The second kappa shape index (κ2) is 7.96. The van der Waals surface area contributed by atoms with Crippen molar-refractivity contribution in [3.8, 4) is 0 Å². The van der Waals surface area contributed by atoms with Crippen LogP contribution in [0.3, 0.4) is 0 Å².